The Morgan fingerprint density at radius 3 is 2.42 bits per heavy atom. The number of amides is 2. The van der Waals surface area contributed by atoms with Gasteiger partial charge in [0.1, 0.15) is 11.6 Å². The number of nitrogens with one attached hydrogen (secondary N) is 2. The average Bonchev–Trinajstić information content (AvgIpc) is 2.37. The minimum atomic E-state index is -0.330. The molecule has 1 aromatic carbocycles. The van der Waals surface area contributed by atoms with Gasteiger partial charge in [0.25, 0.3) is 0 Å². The van der Waals surface area contributed by atoms with Crippen LogP contribution in [-0.4, -0.2) is 31.5 Å². The number of rotatable bonds is 7. The van der Waals surface area contributed by atoms with E-state index in [2.05, 4.69) is 10.6 Å². The van der Waals surface area contributed by atoms with Crippen LogP contribution in [0.4, 0.5) is 4.39 Å². The second-order valence-electron chi connectivity index (χ2n) is 3.89. The van der Waals surface area contributed by atoms with Gasteiger partial charge in [-0.15, -0.1) is 0 Å². The van der Waals surface area contributed by atoms with Crippen LogP contribution in [0.25, 0.3) is 0 Å². The lowest BCUT2D eigenvalue weighted by Crippen LogP contribution is -2.34. The van der Waals surface area contributed by atoms with Gasteiger partial charge in [-0.25, -0.2) is 4.39 Å². The van der Waals surface area contributed by atoms with Gasteiger partial charge in [-0.3, -0.25) is 9.59 Å². The summed E-state index contributed by atoms with van der Waals surface area (Å²) in [5.74, 6) is -0.100. The molecular formula is C13H17FN2O3. The molecule has 0 spiro atoms. The van der Waals surface area contributed by atoms with E-state index in [9.17, 15) is 14.0 Å². The molecule has 1 aromatic rings. The van der Waals surface area contributed by atoms with Crippen LogP contribution in [0.3, 0.4) is 0 Å². The molecule has 0 unspecified atom stereocenters. The van der Waals surface area contributed by atoms with E-state index in [0.717, 1.165) is 0 Å². The molecule has 0 aromatic heterocycles. The number of hydrogen-bond donors (Lipinski definition) is 2. The van der Waals surface area contributed by atoms with Crippen molar-refractivity contribution in [1.29, 1.82) is 0 Å². The van der Waals surface area contributed by atoms with E-state index in [4.69, 9.17) is 4.74 Å². The van der Waals surface area contributed by atoms with Gasteiger partial charge in [-0.05, 0) is 24.3 Å². The minimum Gasteiger partial charge on any atom is -0.493 e. The Hall–Kier alpha value is -2.11. The zero-order valence-corrected chi connectivity index (χ0v) is 10.7. The molecule has 1 rings (SSSR count). The highest BCUT2D eigenvalue weighted by Crippen LogP contribution is 2.10. The predicted molar refractivity (Wildman–Crippen MR) is 68.2 cm³/mol. The van der Waals surface area contributed by atoms with Crippen LogP contribution in [0.2, 0.25) is 0 Å². The molecule has 0 heterocycles. The van der Waals surface area contributed by atoms with Gasteiger partial charge >= 0.3 is 0 Å². The quantitative estimate of drug-likeness (QED) is 0.720. The van der Waals surface area contributed by atoms with Crippen LogP contribution in [0.1, 0.15) is 13.3 Å². The van der Waals surface area contributed by atoms with Gasteiger partial charge in [0, 0.05) is 20.0 Å². The number of benzene rings is 1. The second-order valence-corrected chi connectivity index (χ2v) is 3.89. The topological polar surface area (TPSA) is 67.4 Å². The van der Waals surface area contributed by atoms with E-state index in [0.29, 0.717) is 18.8 Å². The molecule has 0 radical (unpaired) electrons. The summed E-state index contributed by atoms with van der Waals surface area (Å²) < 4.78 is 17.9. The number of hydrogen-bond acceptors (Lipinski definition) is 3. The molecule has 2 N–H and O–H groups in total. The standard InChI is InChI=1S/C13H17FN2O3/c1-10(17)15-7-8-16-13(18)6-9-19-12-4-2-11(14)3-5-12/h2-5H,6-9H2,1H3,(H,15,17)(H,16,18). The van der Waals surface area contributed by atoms with Crippen molar-refractivity contribution in [3.63, 3.8) is 0 Å². The Kier molecular flexibility index (Phi) is 6.35. The molecule has 0 aliphatic rings. The Morgan fingerprint density at radius 1 is 1.16 bits per heavy atom. The lowest BCUT2D eigenvalue weighted by molar-refractivity contribution is -0.122. The Labute approximate surface area is 111 Å². The first-order valence-electron chi connectivity index (χ1n) is 5.97. The van der Waals surface area contributed by atoms with Crippen molar-refractivity contribution in [3.8, 4) is 5.75 Å². The third kappa shape index (κ3) is 7.03. The molecule has 0 saturated heterocycles. The summed E-state index contributed by atoms with van der Waals surface area (Å²) in [6.07, 6.45) is 0.206. The van der Waals surface area contributed by atoms with E-state index in [1.165, 1.54) is 31.2 Å². The average molecular weight is 268 g/mol. The first-order valence-corrected chi connectivity index (χ1v) is 5.97. The number of halogens is 1. The van der Waals surface area contributed by atoms with Gasteiger partial charge in [0.15, 0.2) is 0 Å². The largest absolute Gasteiger partial charge is 0.493 e. The van der Waals surface area contributed by atoms with E-state index in [1.54, 1.807) is 0 Å². The van der Waals surface area contributed by atoms with Gasteiger partial charge < -0.3 is 15.4 Å². The summed E-state index contributed by atoms with van der Waals surface area (Å²) in [5.41, 5.74) is 0. The molecule has 0 fully saturated rings. The Bertz CT molecular complexity index is 420. The van der Waals surface area contributed by atoms with Crippen molar-refractivity contribution < 1.29 is 18.7 Å². The molecule has 0 aliphatic carbocycles. The van der Waals surface area contributed by atoms with Crippen molar-refractivity contribution in [1.82, 2.24) is 10.6 Å². The van der Waals surface area contributed by atoms with Crippen LogP contribution >= 0.6 is 0 Å². The van der Waals surface area contributed by atoms with Crippen molar-refractivity contribution in [2.45, 2.75) is 13.3 Å². The summed E-state index contributed by atoms with van der Waals surface area (Å²) in [6.45, 7) is 2.42. The van der Waals surface area contributed by atoms with Crippen molar-refractivity contribution in [2.24, 2.45) is 0 Å². The third-order valence-electron chi connectivity index (χ3n) is 2.23. The fourth-order valence-corrected chi connectivity index (χ4v) is 1.32. The number of ether oxygens (including phenoxy) is 1. The molecule has 0 bridgehead atoms. The van der Waals surface area contributed by atoms with Crippen LogP contribution in [0, 0.1) is 5.82 Å². The monoisotopic (exact) mass is 268 g/mol. The molecule has 2 amide bonds. The smallest absolute Gasteiger partial charge is 0.223 e. The highest BCUT2D eigenvalue weighted by molar-refractivity contribution is 5.76. The van der Waals surface area contributed by atoms with Gasteiger partial charge in [-0.2, -0.15) is 0 Å². The highest BCUT2D eigenvalue weighted by atomic mass is 19.1. The molecule has 5 nitrogen and oxygen atoms in total. The highest BCUT2D eigenvalue weighted by Gasteiger charge is 2.01. The summed E-state index contributed by atoms with van der Waals surface area (Å²) in [5, 5.41) is 5.21. The second kappa shape index (κ2) is 8.07. The number of carbonyl (C=O) groups is 2. The van der Waals surface area contributed by atoms with Crippen molar-refractivity contribution >= 4 is 11.8 Å². The van der Waals surface area contributed by atoms with Gasteiger partial charge in [-0.1, -0.05) is 0 Å². The summed E-state index contributed by atoms with van der Waals surface area (Å²) in [7, 11) is 0. The van der Waals surface area contributed by atoms with Gasteiger partial charge in [0.2, 0.25) is 11.8 Å². The van der Waals surface area contributed by atoms with E-state index in [-0.39, 0.29) is 30.7 Å². The molecule has 104 valence electrons. The SMILES string of the molecule is CC(=O)NCCNC(=O)CCOc1ccc(F)cc1. The van der Waals surface area contributed by atoms with Crippen LogP contribution in [0.15, 0.2) is 24.3 Å². The van der Waals surface area contributed by atoms with E-state index >= 15 is 0 Å². The number of carbonyl (C=O) groups excluding carboxylic acids is 2. The molecule has 0 atom stereocenters. The molecule has 6 heteroatoms. The summed E-state index contributed by atoms with van der Waals surface area (Å²) in [4.78, 5) is 21.9. The maximum absolute atomic E-state index is 12.6. The van der Waals surface area contributed by atoms with E-state index < -0.39 is 0 Å². The molecule has 19 heavy (non-hydrogen) atoms. The molecule has 0 aliphatic heterocycles. The normalized spacial score (nSPS) is 9.79. The van der Waals surface area contributed by atoms with Crippen LogP contribution in [-0.2, 0) is 9.59 Å². The maximum Gasteiger partial charge on any atom is 0.223 e. The van der Waals surface area contributed by atoms with Crippen molar-refractivity contribution in [3.05, 3.63) is 30.1 Å². The predicted octanol–water partition coefficient (Wildman–Crippen LogP) is 0.847. The van der Waals surface area contributed by atoms with E-state index in [1.807, 2.05) is 0 Å². The minimum absolute atomic E-state index is 0.131. The molecular weight excluding hydrogens is 251 g/mol. The fraction of sp³-hybridized carbons (Fsp3) is 0.385. The zero-order valence-electron chi connectivity index (χ0n) is 10.7. The Balaban J connectivity index is 2.10. The first-order chi connectivity index (χ1) is 9.08. The summed E-state index contributed by atoms with van der Waals surface area (Å²) >= 11 is 0. The van der Waals surface area contributed by atoms with Crippen LogP contribution < -0.4 is 15.4 Å². The lowest BCUT2D eigenvalue weighted by Gasteiger charge is -2.07. The first kappa shape index (κ1) is 14.9. The van der Waals surface area contributed by atoms with Crippen LogP contribution in [0.5, 0.6) is 5.75 Å². The molecule has 0 saturated carbocycles. The van der Waals surface area contributed by atoms with Gasteiger partial charge in [0.05, 0.1) is 13.0 Å². The maximum atomic E-state index is 12.6. The third-order valence-corrected chi connectivity index (χ3v) is 2.23. The zero-order chi connectivity index (χ0) is 14.1. The Morgan fingerprint density at radius 2 is 1.79 bits per heavy atom. The summed E-state index contributed by atoms with van der Waals surface area (Å²) in [6, 6.07) is 5.60. The lowest BCUT2D eigenvalue weighted by atomic mass is 10.3. The fourth-order valence-electron chi connectivity index (χ4n) is 1.32. The van der Waals surface area contributed by atoms with Crippen molar-refractivity contribution in [2.75, 3.05) is 19.7 Å².